The van der Waals surface area contributed by atoms with Gasteiger partial charge in [-0.05, 0) is 51.5 Å². The van der Waals surface area contributed by atoms with Gasteiger partial charge in [0.2, 0.25) is 0 Å². The fourth-order valence-electron chi connectivity index (χ4n) is 4.57. The first-order chi connectivity index (χ1) is 13.6. The van der Waals surface area contributed by atoms with Gasteiger partial charge >= 0.3 is 0 Å². The minimum absolute atomic E-state index is 0.291. The number of rotatable bonds is 9. The molecule has 2 N–H and O–H groups in total. The van der Waals surface area contributed by atoms with Crippen molar-refractivity contribution in [2.45, 2.75) is 71.1 Å². The molecule has 2 fully saturated rings. The van der Waals surface area contributed by atoms with Crippen molar-refractivity contribution in [3.63, 3.8) is 0 Å². The second-order valence-electron chi connectivity index (χ2n) is 7.98. The molecule has 2 saturated carbocycles. The van der Waals surface area contributed by atoms with Gasteiger partial charge in [-0.1, -0.05) is 12.8 Å². The molecule has 1 spiro atoms. The monoisotopic (exact) mass is 408 g/mol. The number of hydrogen-bond acceptors (Lipinski definition) is 5. The molecule has 2 atom stereocenters. The normalized spacial score (nSPS) is 23.8. The first kappa shape index (κ1) is 21.4. The fraction of sp³-hybridized carbons (Fsp3) is 0.850. The Balaban J connectivity index is 1.66. The minimum Gasteiger partial charge on any atom is -0.378 e. The molecule has 3 rings (SSSR count). The third-order valence-electron chi connectivity index (χ3n) is 6.38. The number of aromatic nitrogens is 3. The number of guanidine groups is 1. The molecule has 7 nitrogen and oxygen atoms in total. The Bertz CT molecular complexity index is 655. The maximum absolute atomic E-state index is 6.06. The zero-order valence-corrected chi connectivity index (χ0v) is 18.6. The van der Waals surface area contributed by atoms with Crippen molar-refractivity contribution in [1.82, 2.24) is 25.4 Å². The molecule has 0 radical (unpaired) electrons. The molecule has 158 valence electrons. The second-order valence-corrected chi connectivity index (χ2v) is 8.96. The van der Waals surface area contributed by atoms with Crippen LogP contribution in [0, 0.1) is 12.3 Å². The van der Waals surface area contributed by atoms with Crippen molar-refractivity contribution in [3.8, 4) is 0 Å². The van der Waals surface area contributed by atoms with E-state index in [-0.39, 0.29) is 0 Å². The molecule has 0 bridgehead atoms. The summed E-state index contributed by atoms with van der Waals surface area (Å²) >= 11 is 1.88. The molecule has 1 heterocycles. The van der Waals surface area contributed by atoms with Crippen molar-refractivity contribution in [2.75, 3.05) is 25.2 Å². The van der Waals surface area contributed by atoms with Gasteiger partial charge < -0.3 is 19.9 Å². The molecule has 28 heavy (non-hydrogen) atoms. The van der Waals surface area contributed by atoms with Crippen LogP contribution < -0.4 is 10.6 Å². The molecule has 1 aromatic heterocycles. The first-order valence-electron chi connectivity index (χ1n) is 10.6. The van der Waals surface area contributed by atoms with Gasteiger partial charge in [-0.25, -0.2) is 4.99 Å². The quantitative estimate of drug-likeness (QED) is 0.372. The highest BCUT2D eigenvalue weighted by Crippen LogP contribution is 2.54. The van der Waals surface area contributed by atoms with E-state index in [1.54, 1.807) is 0 Å². The summed E-state index contributed by atoms with van der Waals surface area (Å²) in [5, 5.41) is 15.7. The molecule has 0 saturated heterocycles. The molecule has 1 aromatic rings. The van der Waals surface area contributed by atoms with Crippen molar-refractivity contribution in [1.29, 1.82) is 0 Å². The Morgan fingerprint density at radius 2 is 2.14 bits per heavy atom. The number of aliphatic imine (C=N–C) groups is 1. The summed E-state index contributed by atoms with van der Waals surface area (Å²) in [6, 6.07) is 0.444. The number of ether oxygens (including phenoxy) is 1. The van der Waals surface area contributed by atoms with E-state index in [2.05, 4.69) is 34.0 Å². The van der Waals surface area contributed by atoms with Crippen molar-refractivity contribution < 1.29 is 4.74 Å². The molecule has 2 aliphatic rings. The lowest BCUT2D eigenvalue weighted by Gasteiger charge is -2.54. The van der Waals surface area contributed by atoms with E-state index in [9.17, 15) is 0 Å². The van der Waals surface area contributed by atoms with E-state index in [4.69, 9.17) is 9.73 Å². The van der Waals surface area contributed by atoms with Gasteiger partial charge in [0.05, 0.1) is 6.10 Å². The SMILES string of the molecule is CCOC1CC(NC(=NCc2nnc(C)n2C)NCCCSC)C12CCCC2. The van der Waals surface area contributed by atoms with Crippen LogP contribution in [0.1, 0.15) is 57.1 Å². The van der Waals surface area contributed by atoms with E-state index in [0.29, 0.717) is 24.1 Å². The average Bonchev–Trinajstić information content (AvgIpc) is 3.32. The first-order valence-corrected chi connectivity index (χ1v) is 12.0. The molecular formula is C20H36N6OS. The van der Waals surface area contributed by atoms with Gasteiger partial charge in [0, 0.05) is 31.7 Å². The lowest BCUT2D eigenvalue weighted by molar-refractivity contribution is -0.125. The van der Waals surface area contributed by atoms with Crippen LogP contribution in [-0.2, 0) is 18.3 Å². The third kappa shape index (κ3) is 4.64. The van der Waals surface area contributed by atoms with Crippen LogP contribution in [0.15, 0.2) is 4.99 Å². The predicted molar refractivity (Wildman–Crippen MR) is 116 cm³/mol. The van der Waals surface area contributed by atoms with Crippen LogP contribution in [0.4, 0.5) is 0 Å². The predicted octanol–water partition coefficient (Wildman–Crippen LogP) is 2.65. The Kier molecular flexibility index (Phi) is 7.62. The Morgan fingerprint density at radius 3 is 2.79 bits per heavy atom. The molecule has 2 aliphatic carbocycles. The van der Waals surface area contributed by atoms with Gasteiger partial charge in [-0.2, -0.15) is 11.8 Å². The van der Waals surface area contributed by atoms with Crippen LogP contribution in [-0.4, -0.2) is 58.0 Å². The molecule has 8 heteroatoms. The zero-order chi connectivity index (χ0) is 20.0. The van der Waals surface area contributed by atoms with Gasteiger partial charge in [0.1, 0.15) is 12.4 Å². The van der Waals surface area contributed by atoms with Gasteiger partial charge in [-0.15, -0.1) is 10.2 Å². The van der Waals surface area contributed by atoms with Crippen LogP contribution in [0.5, 0.6) is 0 Å². The Morgan fingerprint density at radius 1 is 1.36 bits per heavy atom. The molecule has 0 amide bonds. The lowest BCUT2D eigenvalue weighted by atomic mass is 9.60. The summed E-state index contributed by atoms with van der Waals surface area (Å²) in [6.07, 6.45) is 9.90. The van der Waals surface area contributed by atoms with E-state index in [1.807, 2.05) is 30.3 Å². The lowest BCUT2D eigenvalue weighted by Crippen LogP contribution is -2.65. The molecular weight excluding hydrogens is 372 g/mol. The number of hydrogen-bond donors (Lipinski definition) is 2. The highest BCUT2D eigenvalue weighted by atomic mass is 32.2. The maximum atomic E-state index is 6.06. The van der Waals surface area contributed by atoms with Gasteiger partial charge in [-0.3, -0.25) is 0 Å². The third-order valence-corrected chi connectivity index (χ3v) is 7.07. The minimum atomic E-state index is 0.291. The standard InChI is InChI=1S/C20H36N6OS/c1-5-27-17-13-16(20(17)9-6-7-10-20)23-19(21-11-8-12-28-4)22-14-18-25-24-15(2)26(18)3/h16-17H,5-14H2,1-4H3,(H2,21,22,23). The largest absolute Gasteiger partial charge is 0.378 e. The number of nitrogens with one attached hydrogen (secondary N) is 2. The number of thioether (sulfide) groups is 1. The van der Waals surface area contributed by atoms with Crippen molar-refractivity contribution in [3.05, 3.63) is 11.6 Å². The van der Waals surface area contributed by atoms with Gasteiger partial charge in [0.25, 0.3) is 0 Å². The Hall–Kier alpha value is -1.28. The summed E-state index contributed by atoms with van der Waals surface area (Å²) < 4.78 is 8.07. The zero-order valence-electron chi connectivity index (χ0n) is 17.8. The highest BCUT2D eigenvalue weighted by molar-refractivity contribution is 7.98. The smallest absolute Gasteiger partial charge is 0.191 e. The van der Waals surface area contributed by atoms with E-state index in [1.165, 1.54) is 25.7 Å². The Labute approximate surface area is 173 Å². The second kappa shape index (κ2) is 9.96. The summed E-state index contributed by atoms with van der Waals surface area (Å²) in [5.74, 6) is 3.85. The topological polar surface area (TPSA) is 76.4 Å². The maximum Gasteiger partial charge on any atom is 0.191 e. The van der Waals surface area contributed by atoms with E-state index < -0.39 is 0 Å². The van der Waals surface area contributed by atoms with Crippen LogP contribution in [0.25, 0.3) is 0 Å². The fourth-order valence-corrected chi connectivity index (χ4v) is 5.00. The van der Waals surface area contributed by atoms with E-state index in [0.717, 1.165) is 49.4 Å². The van der Waals surface area contributed by atoms with Crippen LogP contribution in [0.3, 0.4) is 0 Å². The van der Waals surface area contributed by atoms with Crippen LogP contribution >= 0.6 is 11.8 Å². The van der Waals surface area contributed by atoms with E-state index >= 15 is 0 Å². The number of nitrogens with zero attached hydrogens (tertiary/aromatic N) is 4. The van der Waals surface area contributed by atoms with Crippen molar-refractivity contribution >= 4 is 17.7 Å². The van der Waals surface area contributed by atoms with Crippen LogP contribution in [0.2, 0.25) is 0 Å². The molecule has 2 unspecified atom stereocenters. The van der Waals surface area contributed by atoms with Crippen molar-refractivity contribution in [2.24, 2.45) is 17.5 Å². The summed E-state index contributed by atoms with van der Waals surface area (Å²) in [5.41, 5.74) is 0.291. The summed E-state index contributed by atoms with van der Waals surface area (Å²) in [7, 11) is 1.99. The van der Waals surface area contributed by atoms with Gasteiger partial charge in [0.15, 0.2) is 11.8 Å². The highest BCUT2D eigenvalue weighted by Gasteiger charge is 2.56. The average molecular weight is 409 g/mol. The molecule has 0 aromatic carbocycles. The summed E-state index contributed by atoms with van der Waals surface area (Å²) in [6.45, 7) is 6.33. The number of aryl methyl sites for hydroxylation is 1. The molecule has 0 aliphatic heterocycles. The summed E-state index contributed by atoms with van der Waals surface area (Å²) in [4.78, 5) is 4.84.